The van der Waals surface area contributed by atoms with Gasteiger partial charge < -0.3 is 26.0 Å². The van der Waals surface area contributed by atoms with E-state index in [1.165, 1.54) is 24.3 Å². The zero-order valence-electron chi connectivity index (χ0n) is 25.5. The standard InChI is InChI=1S/2C15H20FN3O.4ClH.H2O/c2*1-10(9-17)19-6-4-11(5-7-19)15-13-3-2-12(16)8-14(13)20-18-15;;;;;/h2*2-3,8,10-11H,4-7,9,17H2,1H3;4*1H;1H2. The van der Waals surface area contributed by atoms with E-state index in [9.17, 15) is 8.78 Å². The predicted octanol–water partition coefficient (Wildman–Crippen LogP) is 5.85. The van der Waals surface area contributed by atoms with E-state index in [1.54, 1.807) is 12.1 Å². The van der Waals surface area contributed by atoms with Crippen molar-refractivity contribution in [2.75, 3.05) is 39.3 Å². The fourth-order valence-corrected chi connectivity index (χ4v) is 5.98. The van der Waals surface area contributed by atoms with Crippen LogP contribution in [0.3, 0.4) is 0 Å². The highest BCUT2D eigenvalue weighted by Crippen LogP contribution is 2.34. The third kappa shape index (κ3) is 10.1. The van der Waals surface area contributed by atoms with Crippen molar-refractivity contribution in [1.82, 2.24) is 20.1 Å². The fraction of sp³-hybridized carbons (Fsp3) is 0.533. The Morgan fingerprint density at radius 2 is 1.02 bits per heavy atom. The van der Waals surface area contributed by atoms with E-state index in [1.807, 2.05) is 0 Å². The lowest BCUT2D eigenvalue weighted by atomic mass is 9.91. The topological polar surface area (TPSA) is 142 Å². The van der Waals surface area contributed by atoms with Crippen LogP contribution in [0.15, 0.2) is 45.4 Å². The molecule has 0 bridgehead atoms. The molecule has 45 heavy (non-hydrogen) atoms. The van der Waals surface area contributed by atoms with Gasteiger partial charge in [0.05, 0.1) is 11.4 Å². The zero-order chi connectivity index (χ0) is 28.2. The Kier molecular flexibility index (Phi) is 19.0. The number of hydrogen-bond donors (Lipinski definition) is 2. The van der Waals surface area contributed by atoms with E-state index < -0.39 is 0 Å². The first kappa shape index (κ1) is 43.2. The summed E-state index contributed by atoms with van der Waals surface area (Å²) in [6.07, 6.45) is 4.18. The molecule has 2 aliphatic rings. The summed E-state index contributed by atoms with van der Waals surface area (Å²) in [7, 11) is 0. The molecule has 0 aliphatic carbocycles. The summed E-state index contributed by atoms with van der Waals surface area (Å²) >= 11 is 0. The quantitative estimate of drug-likeness (QED) is 0.253. The molecule has 2 saturated heterocycles. The molecule has 256 valence electrons. The number of nitrogens with zero attached hydrogens (tertiary/aromatic N) is 4. The van der Waals surface area contributed by atoms with Crippen molar-refractivity contribution < 1.29 is 23.3 Å². The van der Waals surface area contributed by atoms with Gasteiger partial charge in [0.15, 0.2) is 11.2 Å². The highest BCUT2D eigenvalue weighted by atomic mass is 35.5. The van der Waals surface area contributed by atoms with Crippen LogP contribution in [-0.4, -0.2) is 76.9 Å². The molecule has 0 spiro atoms. The number of piperidine rings is 2. The zero-order valence-corrected chi connectivity index (χ0v) is 28.8. The molecule has 2 aromatic carbocycles. The van der Waals surface area contributed by atoms with Crippen LogP contribution in [-0.2, 0) is 0 Å². The van der Waals surface area contributed by atoms with E-state index in [4.69, 9.17) is 20.5 Å². The maximum atomic E-state index is 13.2. The number of likely N-dealkylation sites (tertiary alicyclic amines) is 2. The molecule has 4 aromatic rings. The van der Waals surface area contributed by atoms with Crippen LogP contribution in [0.2, 0.25) is 0 Å². The summed E-state index contributed by atoms with van der Waals surface area (Å²) in [6, 6.07) is 10.1. The van der Waals surface area contributed by atoms with Crippen LogP contribution in [0.4, 0.5) is 8.78 Å². The molecule has 6 rings (SSSR count). The van der Waals surface area contributed by atoms with Gasteiger partial charge in [-0.15, -0.1) is 49.6 Å². The Bertz CT molecular complexity index is 1310. The van der Waals surface area contributed by atoms with Crippen molar-refractivity contribution in [3.63, 3.8) is 0 Å². The van der Waals surface area contributed by atoms with Crippen LogP contribution in [0.25, 0.3) is 21.9 Å². The molecule has 6 N–H and O–H groups in total. The van der Waals surface area contributed by atoms with E-state index in [-0.39, 0.29) is 66.7 Å². The summed E-state index contributed by atoms with van der Waals surface area (Å²) in [5.41, 5.74) is 14.5. The van der Waals surface area contributed by atoms with Gasteiger partial charge in [0, 0.05) is 59.9 Å². The van der Waals surface area contributed by atoms with Crippen molar-refractivity contribution in [3.8, 4) is 0 Å². The second-order valence-electron chi connectivity index (χ2n) is 11.2. The van der Waals surface area contributed by atoms with E-state index in [2.05, 4.69) is 34.0 Å². The molecule has 2 unspecified atom stereocenters. The van der Waals surface area contributed by atoms with Crippen molar-refractivity contribution >= 4 is 71.6 Å². The van der Waals surface area contributed by atoms with Gasteiger partial charge in [-0.05, 0) is 90.0 Å². The Balaban J connectivity index is 0.000000774. The Morgan fingerprint density at radius 3 is 1.33 bits per heavy atom. The van der Waals surface area contributed by atoms with Crippen LogP contribution in [0.1, 0.15) is 62.8 Å². The number of hydrogen-bond acceptors (Lipinski definition) is 8. The maximum Gasteiger partial charge on any atom is 0.170 e. The predicted molar refractivity (Wildman–Crippen MR) is 185 cm³/mol. The van der Waals surface area contributed by atoms with Gasteiger partial charge in [0.25, 0.3) is 0 Å². The van der Waals surface area contributed by atoms with Gasteiger partial charge in [0.2, 0.25) is 0 Å². The number of rotatable bonds is 6. The minimum absolute atomic E-state index is 0. The largest absolute Gasteiger partial charge is 0.412 e. The molecule has 2 fully saturated rings. The fourth-order valence-electron chi connectivity index (χ4n) is 5.98. The highest BCUT2D eigenvalue weighted by Gasteiger charge is 2.28. The van der Waals surface area contributed by atoms with Gasteiger partial charge in [0.1, 0.15) is 11.6 Å². The summed E-state index contributed by atoms with van der Waals surface area (Å²) in [6.45, 7) is 9.81. The van der Waals surface area contributed by atoms with Crippen molar-refractivity contribution in [1.29, 1.82) is 0 Å². The van der Waals surface area contributed by atoms with Crippen LogP contribution >= 0.6 is 49.6 Å². The first-order chi connectivity index (χ1) is 19.4. The lowest BCUT2D eigenvalue weighted by Gasteiger charge is -2.34. The number of aromatic nitrogens is 2. The lowest BCUT2D eigenvalue weighted by molar-refractivity contribution is 0.163. The van der Waals surface area contributed by atoms with Crippen LogP contribution in [0.5, 0.6) is 0 Å². The van der Waals surface area contributed by atoms with Crippen molar-refractivity contribution in [2.24, 2.45) is 11.5 Å². The van der Waals surface area contributed by atoms with Crippen LogP contribution < -0.4 is 11.5 Å². The third-order valence-electron chi connectivity index (χ3n) is 8.69. The maximum absolute atomic E-state index is 13.2. The number of benzene rings is 2. The third-order valence-corrected chi connectivity index (χ3v) is 8.69. The molecule has 2 aliphatic heterocycles. The van der Waals surface area contributed by atoms with E-state index >= 15 is 0 Å². The molecule has 0 saturated carbocycles. The van der Waals surface area contributed by atoms with Gasteiger partial charge in [-0.2, -0.15) is 0 Å². The van der Waals surface area contributed by atoms with Gasteiger partial charge in [-0.25, -0.2) is 8.78 Å². The molecule has 2 aromatic heterocycles. The van der Waals surface area contributed by atoms with Crippen molar-refractivity contribution in [2.45, 2.75) is 63.5 Å². The normalized spacial score (nSPS) is 17.4. The SMILES string of the molecule is CC(CN)N1CCC(c2noc3cc(F)ccc23)CC1.CC(CN)N1CCC(c2noc3cc(F)ccc23)CC1.Cl.Cl.Cl.Cl.O. The molecule has 0 amide bonds. The molecular weight excluding hydrogens is 672 g/mol. The Labute approximate surface area is 287 Å². The minimum Gasteiger partial charge on any atom is -0.412 e. The monoisotopic (exact) mass is 716 g/mol. The second kappa shape index (κ2) is 19.8. The van der Waals surface area contributed by atoms with Gasteiger partial charge in [-0.3, -0.25) is 9.80 Å². The summed E-state index contributed by atoms with van der Waals surface area (Å²) in [5.74, 6) is 0.212. The lowest BCUT2D eigenvalue weighted by Crippen LogP contribution is -2.43. The summed E-state index contributed by atoms with van der Waals surface area (Å²) < 4.78 is 36.8. The number of nitrogens with two attached hydrogens (primary N) is 2. The molecule has 2 atom stereocenters. The molecule has 9 nitrogen and oxygen atoms in total. The number of fused-ring (bicyclic) bond motifs is 2. The minimum atomic E-state index is -0.285. The summed E-state index contributed by atoms with van der Waals surface area (Å²) in [5, 5.41) is 10.2. The molecular formula is C30H46Cl4F2N6O3. The van der Waals surface area contributed by atoms with Crippen LogP contribution in [0, 0.1) is 11.6 Å². The first-order valence-electron chi connectivity index (χ1n) is 14.4. The first-order valence-corrected chi connectivity index (χ1v) is 14.4. The molecule has 15 heteroatoms. The second-order valence-corrected chi connectivity index (χ2v) is 11.2. The van der Waals surface area contributed by atoms with Gasteiger partial charge in [-0.1, -0.05) is 10.3 Å². The molecule has 4 heterocycles. The smallest absolute Gasteiger partial charge is 0.170 e. The number of halogens is 6. The summed E-state index contributed by atoms with van der Waals surface area (Å²) in [4.78, 5) is 4.83. The highest BCUT2D eigenvalue weighted by molar-refractivity contribution is 5.86. The Morgan fingerprint density at radius 1 is 0.689 bits per heavy atom. The Hall–Kier alpha value is -1.80. The average molecular weight is 719 g/mol. The molecule has 0 radical (unpaired) electrons. The van der Waals surface area contributed by atoms with E-state index in [0.717, 1.165) is 74.0 Å². The van der Waals surface area contributed by atoms with E-state index in [0.29, 0.717) is 48.2 Å². The van der Waals surface area contributed by atoms with Gasteiger partial charge >= 0.3 is 0 Å². The van der Waals surface area contributed by atoms with Crippen molar-refractivity contribution in [3.05, 3.63) is 59.4 Å². The average Bonchev–Trinajstić information content (AvgIpc) is 3.60.